The van der Waals surface area contributed by atoms with E-state index in [2.05, 4.69) is 26.6 Å². The van der Waals surface area contributed by atoms with E-state index in [4.69, 9.17) is 0 Å². The molecule has 0 radical (unpaired) electrons. The maximum absolute atomic E-state index is 12.1. The third-order valence-corrected chi connectivity index (χ3v) is 4.46. The minimum absolute atomic E-state index is 0.435. The summed E-state index contributed by atoms with van der Waals surface area (Å²) in [5, 5.41) is 14.8. The van der Waals surface area contributed by atoms with Gasteiger partial charge in [0, 0.05) is 10.2 Å². The fourth-order valence-electron chi connectivity index (χ4n) is 1.59. The van der Waals surface area contributed by atoms with Crippen LogP contribution in [-0.4, -0.2) is 22.6 Å². The third kappa shape index (κ3) is 3.97. The zero-order valence-corrected chi connectivity index (χ0v) is 14.5. The number of anilines is 1. The Hall–Kier alpha value is -1.56. The molecule has 3 N–H and O–H groups in total. The second kappa shape index (κ2) is 6.05. The van der Waals surface area contributed by atoms with E-state index < -0.39 is 23.0 Å². The van der Waals surface area contributed by atoms with Crippen LogP contribution in [0.4, 0.5) is 10.5 Å². The number of carbonyl (C=O) groups is 2. The van der Waals surface area contributed by atoms with Gasteiger partial charge in [-0.05, 0) is 52.3 Å². The number of carbonyl (C=O) groups excluding carboxylic acids is 1. The molecule has 0 heterocycles. The minimum Gasteiger partial charge on any atom is -0.481 e. The van der Waals surface area contributed by atoms with Crippen LogP contribution < -0.4 is 10.6 Å². The number of rotatable bonds is 4. The van der Waals surface area contributed by atoms with Crippen LogP contribution in [-0.2, 0) is 4.79 Å². The van der Waals surface area contributed by atoms with E-state index in [0.29, 0.717) is 5.69 Å². The van der Waals surface area contributed by atoms with Gasteiger partial charge in [-0.15, -0.1) is 0 Å². The summed E-state index contributed by atoms with van der Waals surface area (Å²) < 4.78 is 0.855. The summed E-state index contributed by atoms with van der Waals surface area (Å²) in [7, 11) is 0. The molecule has 5 nitrogen and oxygen atoms in total. The van der Waals surface area contributed by atoms with E-state index in [1.54, 1.807) is 33.8 Å². The molecule has 1 rings (SSSR count). The Morgan fingerprint density at radius 1 is 1.19 bits per heavy atom. The molecule has 0 unspecified atom stereocenters. The van der Waals surface area contributed by atoms with E-state index in [1.165, 1.54) is 0 Å². The Morgan fingerprint density at radius 2 is 1.76 bits per heavy atom. The number of hydrogen-bond donors (Lipinski definition) is 3. The molecule has 0 aliphatic rings. The second-order valence-electron chi connectivity index (χ2n) is 6.09. The molecular formula is C15H21BrN2O3. The molecule has 2 amide bonds. The zero-order valence-electron chi connectivity index (χ0n) is 12.9. The molecule has 0 saturated heterocycles. The van der Waals surface area contributed by atoms with Gasteiger partial charge in [-0.25, -0.2) is 4.79 Å². The highest BCUT2D eigenvalue weighted by molar-refractivity contribution is 9.10. The molecule has 0 saturated carbocycles. The van der Waals surface area contributed by atoms with Crippen LogP contribution in [0.15, 0.2) is 22.7 Å². The lowest BCUT2D eigenvalue weighted by Crippen LogP contribution is -2.57. The first kappa shape index (κ1) is 17.5. The summed E-state index contributed by atoms with van der Waals surface area (Å²) in [6.07, 6.45) is 0. The predicted molar refractivity (Wildman–Crippen MR) is 86.5 cm³/mol. The number of amides is 2. The number of halogens is 1. The number of urea groups is 1. The quantitative estimate of drug-likeness (QED) is 0.768. The minimum atomic E-state index is -1.10. The Balaban J connectivity index is 2.87. The lowest BCUT2D eigenvalue weighted by atomic mass is 9.74. The highest BCUT2D eigenvalue weighted by Crippen LogP contribution is 2.31. The van der Waals surface area contributed by atoms with Crippen molar-refractivity contribution in [3.05, 3.63) is 28.2 Å². The SMILES string of the molecule is Cc1ccc(Br)cc1NC(=O)NC(C)(C)C(C)(C)C(=O)O. The smallest absolute Gasteiger partial charge is 0.319 e. The summed E-state index contributed by atoms with van der Waals surface area (Å²) in [6, 6.07) is 5.13. The van der Waals surface area contributed by atoms with Crippen LogP contribution >= 0.6 is 15.9 Å². The van der Waals surface area contributed by atoms with Gasteiger partial charge in [0.1, 0.15) is 0 Å². The van der Waals surface area contributed by atoms with Crippen molar-refractivity contribution in [3.63, 3.8) is 0 Å². The third-order valence-electron chi connectivity index (χ3n) is 3.97. The maximum Gasteiger partial charge on any atom is 0.319 e. The lowest BCUT2D eigenvalue weighted by molar-refractivity contribution is -0.150. The molecule has 0 aliphatic carbocycles. The van der Waals surface area contributed by atoms with Crippen molar-refractivity contribution in [3.8, 4) is 0 Å². The van der Waals surface area contributed by atoms with Gasteiger partial charge in [0.25, 0.3) is 0 Å². The molecule has 6 heteroatoms. The summed E-state index contributed by atoms with van der Waals surface area (Å²) in [5.41, 5.74) is -0.422. The number of carboxylic acids is 1. The number of aliphatic carboxylic acids is 1. The fourth-order valence-corrected chi connectivity index (χ4v) is 1.95. The van der Waals surface area contributed by atoms with Crippen molar-refractivity contribution >= 4 is 33.6 Å². The van der Waals surface area contributed by atoms with Crippen molar-refractivity contribution in [1.29, 1.82) is 0 Å². The zero-order chi connectivity index (χ0) is 16.4. The molecule has 0 aromatic heterocycles. The van der Waals surface area contributed by atoms with Gasteiger partial charge < -0.3 is 15.7 Å². The van der Waals surface area contributed by atoms with Crippen molar-refractivity contribution < 1.29 is 14.7 Å². The first-order valence-electron chi connectivity index (χ1n) is 6.56. The average Bonchev–Trinajstić information content (AvgIpc) is 2.32. The summed E-state index contributed by atoms with van der Waals surface area (Å²) in [4.78, 5) is 23.5. The average molecular weight is 357 g/mol. The van der Waals surface area contributed by atoms with Gasteiger partial charge in [0.05, 0.1) is 11.0 Å². The molecule has 1 aromatic carbocycles. The first-order chi connectivity index (χ1) is 9.47. The van der Waals surface area contributed by atoms with Crippen LogP contribution in [0.3, 0.4) is 0 Å². The number of benzene rings is 1. The Morgan fingerprint density at radius 3 is 2.29 bits per heavy atom. The largest absolute Gasteiger partial charge is 0.481 e. The van der Waals surface area contributed by atoms with Crippen LogP contribution in [0.5, 0.6) is 0 Å². The molecule has 1 aromatic rings. The molecular weight excluding hydrogens is 336 g/mol. The number of carboxylic acid groups (broad SMARTS) is 1. The Labute approximate surface area is 133 Å². The van der Waals surface area contributed by atoms with Crippen LogP contribution in [0.2, 0.25) is 0 Å². The van der Waals surface area contributed by atoms with E-state index in [0.717, 1.165) is 10.0 Å². The van der Waals surface area contributed by atoms with Gasteiger partial charge >= 0.3 is 12.0 Å². The van der Waals surface area contributed by atoms with Gasteiger partial charge in [0.15, 0.2) is 0 Å². The molecule has 116 valence electrons. The van der Waals surface area contributed by atoms with E-state index in [-0.39, 0.29) is 0 Å². The van der Waals surface area contributed by atoms with E-state index in [9.17, 15) is 14.7 Å². The number of hydrogen-bond acceptors (Lipinski definition) is 2. The molecule has 0 aliphatic heterocycles. The topological polar surface area (TPSA) is 78.4 Å². The molecule has 21 heavy (non-hydrogen) atoms. The normalized spacial score (nSPS) is 11.9. The fraction of sp³-hybridized carbons (Fsp3) is 0.467. The molecule has 0 atom stereocenters. The van der Waals surface area contributed by atoms with Gasteiger partial charge in [-0.3, -0.25) is 4.79 Å². The van der Waals surface area contributed by atoms with E-state index in [1.807, 2.05) is 19.1 Å². The first-order valence-corrected chi connectivity index (χ1v) is 7.35. The predicted octanol–water partition coefficient (Wildman–Crippen LogP) is 3.77. The summed E-state index contributed by atoms with van der Waals surface area (Å²) >= 11 is 3.35. The summed E-state index contributed by atoms with van der Waals surface area (Å²) in [5.74, 6) is -0.966. The number of nitrogens with one attached hydrogen (secondary N) is 2. The monoisotopic (exact) mass is 356 g/mol. The standard InChI is InChI=1S/C15H21BrN2O3/c1-9-6-7-10(16)8-11(9)17-13(21)18-15(4,5)14(2,3)12(19)20/h6-8H,1-5H3,(H,19,20)(H2,17,18,21). The van der Waals surface area contributed by atoms with Crippen molar-refractivity contribution in [2.45, 2.75) is 40.2 Å². The van der Waals surface area contributed by atoms with Crippen LogP contribution in [0.25, 0.3) is 0 Å². The van der Waals surface area contributed by atoms with Gasteiger partial charge in [-0.2, -0.15) is 0 Å². The molecule has 0 spiro atoms. The van der Waals surface area contributed by atoms with Crippen molar-refractivity contribution in [2.75, 3.05) is 5.32 Å². The van der Waals surface area contributed by atoms with Gasteiger partial charge in [0.2, 0.25) is 0 Å². The Kier molecular flexibility index (Phi) is 5.04. The Bertz CT molecular complexity index is 568. The highest BCUT2D eigenvalue weighted by Gasteiger charge is 2.44. The molecule has 0 bridgehead atoms. The summed E-state index contributed by atoms with van der Waals surface area (Å²) in [6.45, 7) is 8.43. The molecule has 0 fully saturated rings. The second-order valence-corrected chi connectivity index (χ2v) is 7.01. The van der Waals surface area contributed by atoms with E-state index >= 15 is 0 Å². The maximum atomic E-state index is 12.1. The highest BCUT2D eigenvalue weighted by atomic mass is 79.9. The van der Waals surface area contributed by atoms with Crippen molar-refractivity contribution in [1.82, 2.24) is 5.32 Å². The lowest BCUT2D eigenvalue weighted by Gasteiger charge is -2.38. The van der Waals surface area contributed by atoms with Crippen LogP contribution in [0.1, 0.15) is 33.3 Å². The van der Waals surface area contributed by atoms with Gasteiger partial charge in [-0.1, -0.05) is 22.0 Å². The van der Waals surface area contributed by atoms with Crippen molar-refractivity contribution in [2.24, 2.45) is 5.41 Å². The number of aryl methyl sites for hydroxylation is 1. The van der Waals surface area contributed by atoms with Crippen LogP contribution in [0, 0.1) is 12.3 Å².